The summed E-state index contributed by atoms with van der Waals surface area (Å²) >= 11 is 0. The fourth-order valence-electron chi connectivity index (χ4n) is 3.36. The number of aryl methyl sites for hydroxylation is 1. The Labute approximate surface area is 178 Å². The fraction of sp³-hybridized carbons (Fsp3) is 0.0833. The molecule has 0 aliphatic heterocycles. The minimum atomic E-state index is -0.462. The second kappa shape index (κ2) is 8.23. The number of pyridine rings is 1. The molecule has 7 nitrogen and oxygen atoms in total. The van der Waals surface area contributed by atoms with Crippen molar-refractivity contribution in [1.82, 2.24) is 4.98 Å². The Bertz CT molecular complexity index is 1300. The summed E-state index contributed by atoms with van der Waals surface area (Å²) in [6.07, 6.45) is 0. The number of rotatable bonds is 5. The van der Waals surface area contributed by atoms with Crippen LogP contribution in [0.4, 0.5) is 11.4 Å². The lowest BCUT2D eigenvalue weighted by Gasteiger charge is -2.12. The van der Waals surface area contributed by atoms with E-state index >= 15 is 0 Å². The van der Waals surface area contributed by atoms with Gasteiger partial charge in [0.2, 0.25) is 0 Å². The first-order valence-corrected chi connectivity index (χ1v) is 9.57. The minimum absolute atomic E-state index is 0.0216. The van der Waals surface area contributed by atoms with Gasteiger partial charge in [0.1, 0.15) is 5.75 Å². The Balaban J connectivity index is 1.75. The number of hydrogen-bond acceptors (Lipinski definition) is 5. The van der Waals surface area contributed by atoms with Gasteiger partial charge >= 0.3 is 0 Å². The molecule has 4 rings (SSSR count). The molecule has 0 aliphatic carbocycles. The molecule has 7 heteroatoms. The highest BCUT2D eigenvalue weighted by Gasteiger charge is 2.16. The van der Waals surface area contributed by atoms with Gasteiger partial charge in [-0.2, -0.15) is 0 Å². The van der Waals surface area contributed by atoms with Crippen LogP contribution < -0.4 is 10.1 Å². The van der Waals surface area contributed by atoms with Crippen LogP contribution in [0, 0.1) is 17.0 Å². The number of anilines is 1. The highest BCUT2D eigenvalue weighted by molar-refractivity contribution is 6.13. The van der Waals surface area contributed by atoms with Crippen molar-refractivity contribution in [2.24, 2.45) is 0 Å². The van der Waals surface area contributed by atoms with Gasteiger partial charge in [-0.1, -0.05) is 18.2 Å². The first kappa shape index (κ1) is 20.0. The molecule has 4 aromatic rings. The third-order valence-electron chi connectivity index (χ3n) is 5.02. The summed E-state index contributed by atoms with van der Waals surface area (Å²) in [5, 5.41) is 14.6. The van der Waals surface area contributed by atoms with Gasteiger partial charge in [-0.15, -0.1) is 0 Å². The zero-order valence-corrected chi connectivity index (χ0v) is 17.0. The molecule has 0 unspecified atom stereocenters. The summed E-state index contributed by atoms with van der Waals surface area (Å²) in [4.78, 5) is 28.4. The first-order valence-electron chi connectivity index (χ1n) is 9.57. The van der Waals surface area contributed by atoms with E-state index in [1.165, 1.54) is 12.1 Å². The number of para-hydroxylation sites is 1. The van der Waals surface area contributed by atoms with Crippen LogP contribution in [-0.2, 0) is 0 Å². The van der Waals surface area contributed by atoms with E-state index in [-0.39, 0.29) is 11.6 Å². The molecule has 154 valence electrons. The maximum absolute atomic E-state index is 13.2. The van der Waals surface area contributed by atoms with Crippen molar-refractivity contribution in [3.63, 3.8) is 0 Å². The smallest absolute Gasteiger partial charge is 0.269 e. The van der Waals surface area contributed by atoms with Crippen LogP contribution in [0.15, 0.2) is 72.8 Å². The average Bonchev–Trinajstić information content (AvgIpc) is 2.79. The zero-order chi connectivity index (χ0) is 22.0. The molecule has 1 heterocycles. The molecule has 0 saturated heterocycles. The van der Waals surface area contributed by atoms with Crippen LogP contribution in [0.5, 0.6) is 5.75 Å². The second-order valence-electron chi connectivity index (χ2n) is 7.01. The third kappa shape index (κ3) is 4.06. The number of non-ortho nitro benzene ring substituents is 1. The van der Waals surface area contributed by atoms with Gasteiger partial charge in [0.15, 0.2) is 0 Å². The summed E-state index contributed by atoms with van der Waals surface area (Å²) in [5.74, 6) is 0.418. The number of nitro groups is 1. The molecule has 1 amide bonds. The van der Waals surface area contributed by atoms with Crippen LogP contribution in [0.25, 0.3) is 22.2 Å². The molecule has 31 heavy (non-hydrogen) atoms. The number of carbonyl (C=O) groups excluding carboxylic acids is 1. The molecule has 3 aromatic carbocycles. The van der Waals surface area contributed by atoms with Crippen LogP contribution in [0.1, 0.15) is 15.9 Å². The van der Waals surface area contributed by atoms with E-state index in [2.05, 4.69) is 5.32 Å². The third-order valence-corrected chi connectivity index (χ3v) is 5.02. The Morgan fingerprint density at radius 2 is 1.77 bits per heavy atom. The number of benzene rings is 3. The lowest BCUT2D eigenvalue weighted by molar-refractivity contribution is -0.384. The largest absolute Gasteiger partial charge is 0.497 e. The maximum atomic E-state index is 13.2. The summed E-state index contributed by atoms with van der Waals surface area (Å²) in [6.45, 7) is 1.72. The van der Waals surface area contributed by atoms with Crippen LogP contribution in [0.3, 0.4) is 0 Å². The van der Waals surface area contributed by atoms with E-state index in [1.807, 2.05) is 48.5 Å². The summed E-state index contributed by atoms with van der Waals surface area (Å²) in [7, 11) is 1.60. The van der Waals surface area contributed by atoms with Crippen molar-refractivity contribution in [1.29, 1.82) is 0 Å². The van der Waals surface area contributed by atoms with Crippen molar-refractivity contribution >= 4 is 28.2 Å². The average molecular weight is 413 g/mol. The predicted octanol–water partition coefficient (Wildman–Crippen LogP) is 5.38. The summed E-state index contributed by atoms with van der Waals surface area (Å²) in [6, 6.07) is 21.0. The standard InChI is InChI=1S/C24H19N3O4/c1-15-13-17(27(29)30)9-12-21(15)26-24(28)20-14-23(16-7-10-18(31-2)11-8-16)25-22-6-4-3-5-19(20)22/h3-14H,1-2H3,(H,26,28). The van der Waals surface area contributed by atoms with Gasteiger partial charge in [0.25, 0.3) is 11.6 Å². The number of ether oxygens (including phenoxy) is 1. The highest BCUT2D eigenvalue weighted by Crippen LogP contribution is 2.28. The number of nitro benzene ring substituents is 1. The number of amides is 1. The van der Waals surface area contributed by atoms with Gasteiger partial charge in [-0.3, -0.25) is 14.9 Å². The highest BCUT2D eigenvalue weighted by atomic mass is 16.6. The lowest BCUT2D eigenvalue weighted by Crippen LogP contribution is -2.14. The number of aromatic nitrogens is 1. The van der Waals surface area contributed by atoms with Crippen molar-refractivity contribution in [2.45, 2.75) is 6.92 Å². The number of methoxy groups -OCH3 is 1. The number of hydrogen-bond donors (Lipinski definition) is 1. The number of nitrogens with zero attached hydrogens (tertiary/aromatic N) is 2. The molecule has 0 radical (unpaired) electrons. The van der Waals surface area contributed by atoms with E-state index in [9.17, 15) is 14.9 Å². The van der Waals surface area contributed by atoms with Crippen molar-refractivity contribution in [2.75, 3.05) is 12.4 Å². The molecule has 0 saturated carbocycles. The SMILES string of the molecule is COc1ccc(-c2cc(C(=O)Nc3ccc([N+](=O)[O-])cc3C)c3ccccc3n2)cc1. The fourth-order valence-corrected chi connectivity index (χ4v) is 3.36. The molecule has 0 atom stereocenters. The summed E-state index contributed by atoms with van der Waals surface area (Å²) in [5.41, 5.74) is 3.78. The normalized spacial score (nSPS) is 10.6. The first-order chi connectivity index (χ1) is 15.0. The molecule has 0 spiro atoms. The molecule has 0 fully saturated rings. The molecule has 1 N–H and O–H groups in total. The van der Waals surface area contributed by atoms with Crippen molar-refractivity contribution in [3.05, 3.63) is 94.0 Å². The molecular formula is C24H19N3O4. The monoisotopic (exact) mass is 413 g/mol. The van der Waals surface area contributed by atoms with Crippen LogP contribution in [-0.4, -0.2) is 22.9 Å². The van der Waals surface area contributed by atoms with Crippen LogP contribution >= 0.6 is 0 Å². The van der Waals surface area contributed by atoms with E-state index in [1.54, 1.807) is 26.2 Å². The Kier molecular flexibility index (Phi) is 5.32. The molecule has 1 aromatic heterocycles. The quantitative estimate of drug-likeness (QED) is 0.350. The van der Waals surface area contributed by atoms with Crippen molar-refractivity contribution in [3.8, 4) is 17.0 Å². The van der Waals surface area contributed by atoms with Gasteiger partial charge in [0, 0.05) is 28.8 Å². The number of carbonyl (C=O) groups is 1. The number of nitrogens with one attached hydrogen (secondary N) is 1. The Morgan fingerprint density at radius 1 is 1.03 bits per heavy atom. The molecular weight excluding hydrogens is 394 g/mol. The zero-order valence-electron chi connectivity index (χ0n) is 17.0. The van der Waals surface area contributed by atoms with E-state index in [0.29, 0.717) is 28.0 Å². The van der Waals surface area contributed by atoms with E-state index in [0.717, 1.165) is 16.7 Å². The minimum Gasteiger partial charge on any atom is -0.497 e. The van der Waals surface area contributed by atoms with Gasteiger partial charge < -0.3 is 10.1 Å². The topological polar surface area (TPSA) is 94.4 Å². The van der Waals surface area contributed by atoms with E-state index < -0.39 is 4.92 Å². The lowest BCUT2D eigenvalue weighted by atomic mass is 10.0. The second-order valence-corrected chi connectivity index (χ2v) is 7.01. The molecule has 0 aliphatic rings. The van der Waals surface area contributed by atoms with Gasteiger partial charge in [0.05, 0.1) is 28.8 Å². The maximum Gasteiger partial charge on any atom is 0.269 e. The number of fused-ring (bicyclic) bond motifs is 1. The van der Waals surface area contributed by atoms with E-state index in [4.69, 9.17) is 9.72 Å². The van der Waals surface area contributed by atoms with Crippen LogP contribution in [0.2, 0.25) is 0 Å². The predicted molar refractivity (Wildman–Crippen MR) is 120 cm³/mol. The van der Waals surface area contributed by atoms with Crippen molar-refractivity contribution < 1.29 is 14.5 Å². The Morgan fingerprint density at radius 3 is 2.45 bits per heavy atom. The molecule has 0 bridgehead atoms. The Hall–Kier alpha value is -4.26. The van der Waals surface area contributed by atoms with Gasteiger partial charge in [-0.05, 0) is 55.0 Å². The van der Waals surface area contributed by atoms with Gasteiger partial charge in [-0.25, -0.2) is 4.98 Å². The summed E-state index contributed by atoms with van der Waals surface area (Å²) < 4.78 is 5.21.